The van der Waals surface area contributed by atoms with E-state index in [9.17, 15) is 9.90 Å². The fourth-order valence-corrected chi connectivity index (χ4v) is 1.65. The summed E-state index contributed by atoms with van der Waals surface area (Å²) in [6, 6.07) is 0. The first-order valence-corrected chi connectivity index (χ1v) is 5.26. The maximum Gasteiger partial charge on any atom is 0.227 e. The number of hydrogen-bond donors (Lipinski definition) is 2. The Morgan fingerprint density at radius 2 is 1.80 bits per heavy atom. The van der Waals surface area contributed by atoms with E-state index >= 15 is 0 Å². The van der Waals surface area contributed by atoms with Crippen molar-refractivity contribution < 1.29 is 9.90 Å². The molecule has 3 N–H and O–H groups in total. The van der Waals surface area contributed by atoms with E-state index in [0.717, 1.165) is 26.2 Å². The van der Waals surface area contributed by atoms with Gasteiger partial charge in [-0.15, -0.1) is 0 Å². The number of nitrogens with two attached hydrogens (primary N) is 1. The minimum Gasteiger partial charge on any atom is -0.377 e. The van der Waals surface area contributed by atoms with E-state index < -0.39 is 17.6 Å². The molecule has 1 unspecified atom stereocenters. The summed E-state index contributed by atoms with van der Waals surface area (Å²) in [5, 5.41) is 10.1. The molecule has 5 nitrogen and oxygen atoms in total. The number of rotatable bonds is 3. The van der Waals surface area contributed by atoms with Crippen molar-refractivity contribution in [2.45, 2.75) is 20.1 Å². The lowest BCUT2D eigenvalue weighted by Crippen LogP contribution is -2.56. The number of nitrogens with zero attached hydrogens (tertiary/aromatic N) is 2. The van der Waals surface area contributed by atoms with E-state index in [1.165, 1.54) is 0 Å². The lowest BCUT2D eigenvalue weighted by Gasteiger charge is -2.40. The van der Waals surface area contributed by atoms with Gasteiger partial charge in [0.1, 0.15) is 6.23 Å². The van der Waals surface area contributed by atoms with Crippen LogP contribution < -0.4 is 5.73 Å². The fraction of sp³-hybridized carbons (Fsp3) is 0.900. The molecule has 0 aliphatic carbocycles. The Kier molecular flexibility index (Phi) is 3.70. The monoisotopic (exact) mass is 215 g/mol. The Balaban J connectivity index is 2.60. The third-order valence-corrected chi connectivity index (χ3v) is 3.16. The molecule has 0 aromatic rings. The highest BCUT2D eigenvalue weighted by Gasteiger charge is 2.38. The van der Waals surface area contributed by atoms with Crippen LogP contribution in [0.15, 0.2) is 0 Å². The number of likely N-dealkylation sites (N-methyl/N-ethyl adjacent to an activating group) is 1. The Morgan fingerprint density at radius 3 is 2.20 bits per heavy atom. The molecule has 15 heavy (non-hydrogen) atoms. The molecule has 0 spiro atoms. The van der Waals surface area contributed by atoms with Gasteiger partial charge in [0.2, 0.25) is 5.91 Å². The van der Waals surface area contributed by atoms with E-state index in [2.05, 4.69) is 4.90 Å². The van der Waals surface area contributed by atoms with Crippen molar-refractivity contribution in [1.82, 2.24) is 9.80 Å². The van der Waals surface area contributed by atoms with Crippen LogP contribution in [-0.4, -0.2) is 60.3 Å². The van der Waals surface area contributed by atoms with Crippen molar-refractivity contribution >= 4 is 5.91 Å². The van der Waals surface area contributed by atoms with Gasteiger partial charge >= 0.3 is 0 Å². The summed E-state index contributed by atoms with van der Waals surface area (Å²) in [7, 11) is 2.04. The summed E-state index contributed by atoms with van der Waals surface area (Å²) >= 11 is 0. The van der Waals surface area contributed by atoms with Crippen LogP contribution in [0.5, 0.6) is 0 Å². The van der Waals surface area contributed by atoms with Gasteiger partial charge in [-0.25, -0.2) is 0 Å². The minimum atomic E-state index is -0.893. The number of primary amides is 1. The van der Waals surface area contributed by atoms with E-state index in [-0.39, 0.29) is 0 Å². The Labute approximate surface area is 90.8 Å². The van der Waals surface area contributed by atoms with Crippen molar-refractivity contribution in [3.8, 4) is 0 Å². The van der Waals surface area contributed by atoms with Crippen molar-refractivity contribution in [1.29, 1.82) is 0 Å². The summed E-state index contributed by atoms with van der Waals surface area (Å²) in [4.78, 5) is 15.3. The quantitative estimate of drug-likeness (QED) is 0.638. The number of aliphatic hydroxyl groups excluding tert-OH is 1. The molecule has 1 atom stereocenters. The molecule has 0 saturated carbocycles. The van der Waals surface area contributed by atoms with Crippen LogP contribution >= 0.6 is 0 Å². The number of carbonyl (C=O) groups is 1. The maximum absolute atomic E-state index is 11.2. The van der Waals surface area contributed by atoms with Crippen molar-refractivity contribution in [2.75, 3.05) is 33.2 Å². The highest BCUT2D eigenvalue weighted by Crippen LogP contribution is 2.23. The number of carbonyl (C=O) groups excluding carboxylic acids is 1. The third-order valence-electron chi connectivity index (χ3n) is 3.16. The van der Waals surface area contributed by atoms with E-state index in [4.69, 9.17) is 5.73 Å². The van der Waals surface area contributed by atoms with E-state index in [1.54, 1.807) is 13.8 Å². The van der Waals surface area contributed by atoms with Crippen molar-refractivity contribution in [2.24, 2.45) is 11.1 Å². The SMILES string of the molecule is CN1CCN(C(O)C(C)(C)C(N)=O)CC1. The van der Waals surface area contributed by atoms with Gasteiger partial charge in [0, 0.05) is 26.2 Å². The molecule has 1 fully saturated rings. The molecule has 0 aromatic heterocycles. The lowest BCUT2D eigenvalue weighted by molar-refractivity contribution is -0.145. The van der Waals surface area contributed by atoms with Gasteiger partial charge in [-0.2, -0.15) is 0 Å². The second-order valence-corrected chi connectivity index (χ2v) is 4.80. The molecule has 1 amide bonds. The molecule has 1 saturated heterocycles. The van der Waals surface area contributed by atoms with Gasteiger partial charge in [-0.05, 0) is 20.9 Å². The minimum absolute atomic E-state index is 0.464. The second-order valence-electron chi connectivity index (χ2n) is 4.80. The standard InChI is InChI=1S/C10H21N3O2/c1-10(2,8(11)14)9(15)13-6-4-12(3)5-7-13/h9,15H,4-7H2,1-3H3,(H2,11,14). The number of aliphatic hydroxyl groups is 1. The predicted octanol–water partition coefficient (Wildman–Crippen LogP) is -0.936. The average Bonchev–Trinajstić information content (AvgIpc) is 2.17. The van der Waals surface area contributed by atoms with Gasteiger partial charge in [0.25, 0.3) is 0 Å². The lowest BCUT2D eigenvalue weighted by atomic mass is 9.89. The first-order valence-electron chi connectivity index (χ1n) is 5.26. The van der Waals surface area contributed by atoms with Crippen molar-refractivity contribution in [3.05, 3.63) is 0 Å². The Bertz CT molecular complexity index is 235. The zero-order chi connectivity index (χ0) is 11.6. The highest BCUT2D eigenvalue weighted by atomic mass is 16.3. The molecular formula is C10H21N3O2. The molecule has 0 aromatic carbocycles. The summed E-state index contributed by atoms with van der Waals surface area (Å²) in [5.41, 5.74) is 4.38. The zero-order valence-electron chi connectivity index (χ0n) is 9.73. The topological polar surface area (TPSA) is 69.8 Å². The second kappa shape index (κ2) is 4.47. The first kappa shape index (κ1) is 12.4. The summed E-state index contributed by atoms with van der Waals surface area (Å²) in [6.07, 6.45) is -0.788. The number of piperazine rings is 1. The van der Waals surface area contributed by atoms with Crippen LogP contribution in [0.1, 0.15) is 13.8 Å². The van der Waals surface area contributed by atoms with Gasteiger partial charge in [0.15, 0.2) is 0 Å². The molecule has 0 bridgehead atoms. The highest BCUT2D eigenvalue weighted by molar-refractivity contribution is 5.80. The molecule has 1 rings (SSSR count). The van der Waals surface area contributed by atoms with E-state index in [0.29, 0.717) is 0 Å². The van der Waals surface area contributed by atoms with E-state index in [1.807, 2.05) is 11.9 Å². The summed E-state index contributed by atoms with van der Waals surface area (Å²) in [5.74, 6) is -0.464. The molecule has 1 heterocycles. The van der Waals surface area contributed by atoms with Crippen molar-refractivity contribution in [3.63, 3.8) is 0 Å². The molecular weight excluding hydrogens is 194 g/mol. The molecule has 0 radical (unpaired) electrons. The van der Waals surface area contributed by atoms with Crippen LogP contribution in [-0.2, 0) is 4.79 Å². The normalized spacial score (nSPS) is 22.7. The largest absolute Gasteiger partial charge is 0.377 e. The molecule has 5 heteroatoms. The molecule has 88 valence electrons. The fourth-order valence-electron chi connectivity index (χ4n) is 1.65. The first-order chi connectivity index (χ1) is 6.85. The smallest absolute Gasteiger partial charge is 0.227 e. The number of amides is 1. The molecule has 1 aliphatic heterocycles. The Morgan fingerprint density at radius 1 is 1.33 bits per heavy atom. The zero-order valence-corrected chi connectivity index (χ0v) is 9.73. The van der Waals surface area contributed by atoms with Gasteiger partial charge < -0.3 is 15.7 Å². The van der Waals surface area contributed by atoms with Crippen LogP contribution in [0.4, 0.5) is 0 Å². The average molecular weight is 215 g/mol. The van der Waals surface area contributed by atoms with Gasteiger partial charge in [-0.1, -0.05) is 0 Å². The van der Waals surface area contributed by atoms with Gasteiger partial charge in [-0.3, -0.25) is 9.69 Å². The summed E-state index contributed by atoms with van der Waals surface area (Å²) < 4.78 is 0. The third kappa shape index (κ3) is 2.68. The van der Waals surface area contributed by atoms with Crippen LogP contribution in [0.25, 0.3) is 0 Å². The molecule has 1 aliphatic rings. The number of hydrogen-bond acceptors (Lipinski definition) is 4. The summed E-state index contributed by atoms with van der Waals surface area (Å²) in [6.45, 7) is 6.72. The predicted molar refractivity (Wildman–Crippen MR) is 58.1 cm³/mol. The maximum atomic E-state index is 11.2. The van der Waals surface area contributed by atoms with Crippen LogP contribution in [0.2, 0.25) is 0 Å². The Hall–Kier alpha value is -0.650. The van der Waals surface area contributed by atoms with Crippen LogP contribution in [0.3, 0.4) is 0 Å². The van der Waals surface area contributed by atoms with Crippen LogP contribution in [0, 0.1) is 5.41 Å². The van der Waals surface area contributed by atoms with Gasteiger partial charge in [0.05, 0.1) is 5.41 Å².